The molecule has 138 valence electrons. The number of nitro groups is 1. The van der Waals surface area contributed by atoms with E-state index >= 15 is 0 Å². The van der Waals surface area contributed by atoms with E-state index in [1.165, 1.54) is 24.3 Å². The van der Waals surface area contributed by atoms with Gasteiger partial charge in [-0.1, -0.05) is 18.2 Å². The quantitative estimate of drug-likeness (QED) is 0.573. The molecule has 1 saturated heterocycles. The molecule has 1 spiro atoms. The maximum atomic E-state index is 11.2. The maximum absolute atomic E-state index is 11.2. The fourth-order valence-electron chi connectivity index (χ4n) is 4.36. The second-order valence-electron chi connectivity index (χ2n) is 7.59. The molecule has 1 aliphatic heterocycles. The third-order valence-electron chi connectivity index (χ3n) is 5.98. The summed E-state index contributed by atoms with van der Waals surface area (Å²) in [6.45, 7) is 3.65. The normalized spacial score (nSPS) is 22.0. The van der Waals surface area contributed by atoms with Crippen molar-refractivity contribution in [1.82, 2.24) is 14.8 Å². The lowest BCUT2D eigenvalue weighted by Crippen LogP contribution is -2.37. The summed E-state index contributed by atoms with van der Waals surface area (Å²) in [6, 6.07) is 7.76. The highest BCUT2D eigenvalue weighted by molar-refractivity contribution is 7.09. The van der Waals surface area contributed by atoms with Gasteiger partial charge in [-0.3, -0.25) is 19.9 Å². The van der Waals surface area contributed by atoms with Crippen molar-refractivity contribution in [2.45, 2.75) is 38.4 Å². The predicted molar refractivity (Wildman–Crippen MR) is 102 cm³/mol. The van der Waals surface area contributed by atoms with Crippen molar-refractivity contribution in [3.05, 3.63) is 56.5 Å². The number of para-hydroxylation sites is 1. The number of hydrogen-bond donors (Lipinski definition) is 0. The van der Waals surface area contributed by atoms with Crippen molar-refractivity contribution in [2.24, 2.45) is 5.41 Å². The van der Waals surface area contributed by atoms with Crippen LogP contribution in [0.5, 0.6) is 0 Å². The maximum Gasteiger partial charge on any atom is 0.273 e. The molecule has 7 heteroatoms. The number of hydrogen-bond acceptors (Lipinski definition) is 6. The van der Waals surface area contributed by atoms with Crippen LogP contribution >= 0.6 is 11.3 Å². The standard InChI is InChI=1S/C19H24N4O2S/c1-21(14-18-20-8-11-26-18)17-12-19(17)6-9-22(10-7-19)13-15-4-2-3-5-16(15)23(24)25/h2-5,8,11,17H,6-7,9-10,12-14H2,1H3. The van der Waals surface area contributed by atoms with Crippen molar-refractivity contribution in [3.63, 3.8) is 0 Å². The van der Waals surface area contributed by atoms with Gasteiger partial charge in [0.2, 0.25) is 0 Å². The third-order valence-corrected chi connectivity index (χ3v) is 6.75. The second-order valence-corrected chi connectivity index (χ2v) is 8.56. The van der Waals surface area contributed by atoms with Crippen molar-refractivity contribution in [1.29, 1.82) is 0 Å². The Morgan fingerprint density at radius 1 is 1.38 bits per heavy atom. The van der Waals surface area contributed by atoms with Crippen LogP contribution in [0.4, 0.5) is 5.69 Å². The van der Waals surface area contributed by atoms with Gasteiger partial charge in [-0.05, 0) is 44.8 Å². The fraction of sp³-hybridized carbons (Fsp3) is 0.526. The van der Waals surface area contributed by atoms with Crippen LogP contribution in [0.1, 0.15) is 29.8 Å². The van der Waals surface area contributed by atoms with Crippen LogP contribution in [0.2, 0.25) is 0 Å². The average Bonchev–Trinajstić information content (AvgIpc) is 3.08. The van der Waals surface area contributed by atoms with Gasteiger partial charge in [0.15, 0.2) is 0 Å². The van der Waals surface area contributed by atoms with Crippen molar-refractivity contribution in [2.75, 3.05) is 20.1 Å². The summed E-state index contributed by atoms with van der Waals surface area (Å²) in [6.07, 6.45) is 5.51. The second kappa shape index (κ2) is 7.06. The van der Waals surface area contributed by atoms with Crippen LogP contribution in [0.25, 0.3) is 0 Å². The van der Waals surface area contributed by atoms with Gasteiger partial charge in [0.1, 0.15) is 5.01 Å². The van der Waals surface area contributed by atoms with Crippen LogP contribution in [-0.4, -0.2) is 45.9 Å². The number of thiazole rings is 1. The van der Waals surface area contributed by atoms with Gasteiger partial charge in [0.25, 0.3) is 5.69 Å². The molecule has 2 aliphatic rings. The number of nitrogens with zero attached hydrogens (tertiary/aromatic N) is 4. The molecule has 1 unspecified atom stereocenters. The van der Waals surface area contributed by atoms with E-state index in [1.54, 1.807) is 23.5 Å². The summed E-state index contributed by atoms with van der Waals surface area (Å²) in [5.41, 5.74) is 1.51. The Bertz CT molecular complexity index is 772. The van der Waals surface area contributed by atoms with E-state index in [-0.39, 0.29) is 10.6 Å². The van der Waals surface area contributed by atoms with Gasteiger partial charge < -0.3 is 0 Å². The van der Waals surface area contributed by atoms with E-state index in [1.807, 2.05) is 23.7 Å². The van der Waals surface area contributed by atoms with Crippen molar-refractivity contribution in [3.8, 4) is 0 Å². The number of likely N-dealkylation sites (tertiary alicyclic amines) is 1. The van der Waals surface area contributed by atoms with Gasteiger partial charge in [-0.2, -0.15) is 0 Å². The Balaban J connectivity index is 1.32. The molecule has 1 atom stereocenters. The highest BCUT2D eigenvalue weighted by Gasteiger charge is 2.56. The molecule has 0 amide bonds. The van der Waals surface area contributed by atoms with Crippen LogP contribution in [-0.2, 0) is 13.1 Å². The van der Waals surface area contributed by atoms with E-state index in [0.717, 1.165) is 25.2 Å². The van der Waals surface area contributed by atoms with E-state index in [9.17, 15) is 10.1 Å². The Morgan fingerprint density at radius 2 is 2.15 bits per heavy atom. The highest BCUT2D eigenvalue weighted by atomic mass is 32.1. The monoisotopic (exact) mass is 372 g/mol. The summed E-state index contributed by atoms with van der Waals surface area (Å²) in [5, 5.41) is 14.4. The summed E-state index contributed by atoms with van der Waals surface area (Å²) in [7, 11) is 2.21. The minimum Gasteiger partial charge on any atom is -0.299 e. The number of piperidine rings is 1. The van der Waals surface area contributed by atoms with Crippen molar-refractivity contribution >= 4 is 17.0 Å². The molecule has 6 nitrogen and oxygen atoms in total. The molecule has 26 heavy (non-hydrogen) atoms. The summed E-state index contributed by atoms with van der Waals surface area (Å²) >= 11 is 1.72. The number of rotatable bonds is 6. The van der Waals surface area contributed by atoms with Crippen molar-refractivity contribution < 1.29 is 4.92 Å². The molecule has 0 radical (unpaired) electrons. The van der Waals surface area contributed by atoms with E-state index in [0.29, 0.717) is 18.0 Å². The molecule has 1 aliphatic carbocycles. The van der Waals surface area contributed by atoms with E-state index < -0.39 is 0 Å². The highest BCUT2D eigenvalue weighted by Crippen LogP contribution is 2.56. The Morgan fingerprint density at radius 3 is 2.85 bits per heavy atom. The molecular weight excluding hydrogens is 348 g/mol. The molecule has 0 N–H and O–H groups in total. The largest absolute Gasteiger partial charge is 0.299 e. The number of aromatic nitrogens is 1. The molecule has 2 aromatic rings. The lowest BCUT2D eigenvalue weighted by atomic mass is 9.92. The van der Waals surface area contributed by atoms with Gasteiger partial charge in [-0.25, -0.2) is 4.98 Å². The Kier molecular flexibility index (Phi) is 4.77. The van der Waals surface area contributed by atoms with Crippen LogP contribution in [0.15, 0.2) is 35.8 Å². The zero-order valence-electron chi connectivity index (χ0n) is 15.0. The van der Waals surface area contributed by atoms with Gasteiger partial charge >= 0.3 is 0 Å². The first-order valence-corrected chi connectivity index (χ1v) is 9.99. The lowest BCUT2D eigenvalue weighted by Gasteiger charge is -2.34. The minimum atomic E-state index is -0.273. The first-order chi connectivity index (χ1) is 12.6. The zero-order valence-corrected chi connectivity index (χ0v) is 15.8. The topological polar surface area (TPSA) is 62.5 Å². The molecule has 1 aromatic carbocycles. The number of nitro benzene ring substituents is 1. The molecule has 4 rings (SSSR count). The first-order valence-electron chi connectivity index (χ1n) is 9.11. The molecular formula is C19H24N4O2S. The van der Waals surface area contributed by atoms with Crippen LogP contribution in [0.3, 0.4) is 0 Å². The minimum absolute atomic E-state index is 0.236. The van der Waals surface area contributed by atoms with Gasteiger partial charge in [0, 0.05) is 35.8 Å². The summed E-state index contributed by atoms with van der Waals surface area (Å²) in [5.74, 6) is 0. The molecule has 2 fully saturated rings. The third kappa shape index (κ3) is 3.51. The first kappa shape index (κ1) is 17.6. The smallest absolute Gasteiger partial charge is 0.273 e. The number of benzene rings is 1. The Hall–Kier alpha value is -1.83. The van der Waals surface area contributed by atoms with Crippen LogP contribution < -0.4 is 0 Å². The summed E-state index contributed by atoms with van der Waals surface area (Å²) < 4.78 is 0. The predicted octanol–water partition coefficient (Wildman–Crippen LogP) is 3.54. The van der Waals surface area contributed by atoms with Gasteiger partial charge in [0.05, 0.1) is 11.5 Å². The van der Waals surface area contributed by atoms with E-state index in [2.05, 4.69) is 21.8 Å². The van der Waals surface area contributed by atoms with E-state index in [4.69, 9.17) is 0 Å². The fourth-order valence-corrected chi connectivity index (χ4v) is 5.04. The molecule has 1 saturated carbocycles. The average molecular weight is 372 g/mol. The van der Waals surface area contributed by atoms with Crippen LogP contribution in [0, 0.1) is 15.5 Å². The summed E-state index contributed by atoms with van der Waals surface area (Å²) in [4.78, 5) is 20.1. The Labute approximate surface area is 157 Å². The lowest BCUT2D eigenvalue weighted by molar-refractivity contribution is -0.385. The molecule has 1 aromatic heterocycles. The zero-order chi connectivity index (χ0) is 18.1. The molecule has 0 bridgehead atoms. The molecule has 2 heterocycles. The SMILES string of the molecule is CN(Cc1nccs1)C1CC12CCN(Cc1ccccc1[N+](=O)[O-])CC2. The van der Waals surface area contributed by atoms with Gasteiger partial charge in [-0.15, -0.1) is 11.3 Å².